The van der Waals surface area contributed by atoms with Crippen LogP contribution in [0.3, 0.4) is 0 Å². The minimum absolute atomic E-state index is 0.0188. The van der Waals surface area contributed by atoms with E-state index < -0.39 is 34.3 Å². The molecule has 4 aromatic carbocycles. The van der Waals surface area contributed by atoms with E-state index in [2.05, 4.69) is 5.32 Å². The number of carbonyl (C=O) groups excluding carboxylic acids is 2. The van der Waals surface area contributed by atoms with Crippen LogP contribution in [0.2, 0.25) is 5.02 Å². The highest BCUT2D eigenvalue weighted by atomic mass is 35.5. The number of hydrogen-bond donors (Lipinski definition) is 1. The Morgan fingerprint density at radius 2 is 1.52 bits per heavy atom. The molecule has 0 heterocycles. The van der Waals surface area contributed by atoms with Crippen molar-refractivity contribution in [1.82, 2.24) is 10.2 Å². The molecule has 4 rings (SSSR count). The number of amides is 2. The molecular weight excluding hydrogens is 657 g/mol. The molecule has 48 heavy (non-hydrogen) atoms. The summed E-state index contributed by atoms with van der Waals surface area (Å²) < 4.78 is 54.1. The minimum Gasteiger partial charge on any atom is -0.493 e. The van der Waals surface area contributed by atoms with Gasteiger partial charge in [-0.05, 0) is 73.0 Å². The summed E-state index contributed by atoms with van der Waals surface area (Å²) in [5.74, 6) is -1.14. The van der Waals surface area contributed by atoms with Crippen LogP contribution < -0.4 is 19.1 Å². The molecule has 0 aliphatic carbocycles. The number of methoxy groups -OCH3 is 2. The van der Waals surface area contributed by atoms with Crippen LogP contribution in [0.1, 0.15) is 31.4 Å². The maximum absolute atomic E-state index is 14.6. The highest BCUT2D eigenvalue weighted by Gasteiger charge is 2.35. The number of nitrogens with zero attached hydrogens (tertiary/aromatic N) is 2. The lowest BCUT2D eigenvalue weighted by atomic mass is 10.0. The number of halogens is 2. The van der Waals surface area contributed by atoms with Crippen molar-refractivity contribution in [3.63, 3.8) is 0 Å². The van der Waals surface area contributed by atoms with Gasteiger partial charge in [-0.1, -0.05) is 61.0 Å². The standard InChI is InChI=1S/C36H39ClFN3O6S/c1-5-25(2)39-36(43)32(21-26-9-7-6-8-10-26)40(23-27-11-13-28(37)14-12-27)35(42)24-41(30-17-15-29(38)16-18-30)48(44,45)31-19-20-33(46-3)34(22-31)47-4/h6-20,22,25,32H,5,21,23-24H2,1-4H3,(H,39,43)/t25-,32-/m0/s1. The van der Waals surface area contributed by atoms with Crippen molar-refractivity contribution in [2.24, 2.45) is 0 Å². The monoisotopic (exact) mass is 695 g/mol. The van der Waals surface area contributed by atoms with Crippen molar-refractivity contribution in [3.05, 3.63) is 119 Å². The largest absolute Gasteiger partial charge is 0.493 e. The van der Waals surface area contributed by atoms with Crippen LogP contribution in [0.4, 0.5) is 10.1 Å². The Hall–Kier alpha value is -4.61. The third-order valence-corrected chi connectivity index (χ3v) is 9.90. The molecule has 4 aromatic rings. The van der Waals surface area contributed by atoms with Gasteiger partial charge in [-0.15, -0.1) is 0 Å². The number of rotatable bonds is 15. The molecular formula is C36H39ClFN3O6S. The van der Waals surface area contributed by atoms with E-state index in [0.717, 1.165) is 22.0 Å². The van der Waals surface area contributed by atoms with E-state index >= 15 is 0 Å². The second kappa shape index (κ2) is 16.5. The van der Waals surface area contributed by atoms with Crippen molar-refractivity contribution >= 4 is 39.1 Å². The molecule has 1 N–H and O–H groups in total. The van der Waals surface area contributed by atoms with Crippen LogP contribution >= 0.6 is 11.6 Å². The quantitative estimate of drug-likeness (QED) is 0.158. The van der Waals surface area contributed by atoms with Crippen LogP contribution in [0.15, 0.2) is 102 Å². The molecule has 12 heteroatoms. The second-order valence-corrected chi connectivity index (χ2v) is 13.5. The number of nitrogens with one attached hydrogen (secondary N) is 1. The number of hydrogen-bond acceptors (Lipinski definition) is 6. The molecule has 0 unspecified atom stereocenters. The first-order valence-corrected chi connectivity index (χ1v) is 17.2. The summed E-state index contributed by atoms with van der Waals surface area (Å²) >= 11 is 6.14. The van der Waals surface area contributed by atoms with Crippen molar-refractivity contribution in [1.29, 1.82) is 0 Å². The molecule has 9 nitrogen and oxygen atoms in total. The number of anilines is 1. The second-order valence-electron chi connectivity index (χ2n) is 11.2. The maximum atomic E-state index is 14.6. The van der Waals surface area contributed by atoms with Gasteiger partial charge in [0.1, 0.15) is 18.4 Å². The molecule has 0 spiro atoms. The van der Waals surface area contributed by atoms with E-state index in [0.29, 0.717) is 22.8 Å². The lowest BCUT2D eigenvalue weighted by molar-refractivity contribution is -0.140. The Bertz CT molecular complexity index is 1790. The van der Waals surface area contributed by atoms with Crippen molar-refractivity contribution in [2.45, 2.75) is 50.2 Å². The zero-order valence-electron chi connectivity index (χ0n) is 27.2. The highest BCUT2D eigenvalue weighted by molar-refractivity contribution is 7.92. The Labute approximate surface area is 286 Å². The predicted molar refractivity (Wildman–Crippen MR) is 184 cm³/mol. The molecule has 2 atom stereocenters. The Morgan fingerprint density at radius 3 is 2.12 bits per heavy atom. The number of sulfonamides is 1. The third kappa shape index (κ3) is 9.05. The van der Waals surface area contributed by atoms with Crippen molar-refractivity contribution < 1.29 is 31.9 Å². The van der Waals surface area contributed by atoms with Gasteiger partial charge in [0.2, 0.25) is 11.8 Å². The number of carbonyl (C=O) groups is 2. The summed E-state index contributed by atoms with van der Waals surface area (Å²) in [6, 6.07) is 23.8. The summed E-state index contributed by atoms with van der Waals surface area (Å²) in [5.41, 5.74) is 1.54. The van der Waals surface area contributed by atoms with Crippen LogP contribution in [0.5, 0.6) is 11.5 Å². The molecule has 0 saturated carbocycles. The average Bonchev–Trinajstić information content (AvgIpc) is 3.09. The number of ether oxygens (including phenoxy) is 2. The number of benzene rings is 4. The molecule has 0 aliphatic rings. The third-order valence-electron chi connectivity index (χ3n) is 7.87. The van der Waals surface area contributed by atoms with E-state index in [-0.39, 0.29) is 41.2 Å². The van der Waals surface area contributed by atoms with Crippen LogP contribution in [-0.4, -0.2) is 58.0 Å². The van der Waals surface area contributed by atoms with E-state index in [1.165, 1.54) is 49.5 Å². The van der Waals surface area contributed by atoms with Gasteiger partial charge in [-0.25, -0.2) is 12.8 Å². The lowest BCUT2D eigenvalue weighted by Gasteiger charge is -2.34. The first-order valence-electron chi connectivity index (χ1n) is 15.3. The Morgan fingerprint density at radius 1 is 0.875 bits per heavy atom. The molecule has 0 saturated heterocycles. The summed E-state index contributed by atoms with van der Waals surface area (Å²) in [6.45, 7) is 3.09. The van der Waals surface area contributed by atoms with E-state index in [1.807, 2.05) is 44.2 Å². The van der Waals surface area contributed by atoms with Crippen LogP contribution in [-0.2, 0) is 32.6 Å². The molecule has 0 aliphatic heterocycles. The summed E-state index contributed by atoms with van der Waals surface area (Å²) in [5, 5.41) is 3.49. The normalized spacial score (nSPS) is 12.5. The first kappa shape index (κ1) is 36.2. The average molecular weight is 696 g/mol. The van der Waals surface area contributed by atoms with Gasteiger partial charge >= 0.3 is 0 Å². The molecule has 254 valence electrons. The Balaban J connectivity index is 1.82. The molecule has 0 fully saturated rings. The van der Waals surface area contributed by atoms with Gasteiger partial charge in [-0.3, -0.25) is 13.9 Å². The lowest BCUT2D eigenvalue weighted by Crippen LogP contribution is -2.54. The van der Waals surface area contributed by atoms with Gasteiger partial charge in [0.25, 0.3) is 10.0 Å². The Kier molecular flexibility index (Phi) is 12.4. The zero-order chi connectivity index (χ0) is 34.8. The smallest absolute Gasteiger partial charge is 0.264 e. The fourth-order valence-electron chi connectivity index (χ4n) is 5.02. The summed E-state index contributed by atoms with van der Waals surface area (Å²) in [6.07, 6.45) is 0.832. The summed E-state index contributed by atoms with van der Waals surface area (Å²) in [7, 11) is -1.65. The van der Waals surface area contributed by atoms with Gasteiger partial charge in [0, 0.05) is 30.1 Å². The highest BCUT2D eigenvalue weighted by Crippen LogP contribution is 2.32. The minimum atomic E-state index is -4.45. The van der Waals surface area contributed by atoms with E-state index in [4.69, 9.17) is 21.1 Å². The van der Waals surface area contributed by atoms with Gasteiger partial charge in [0.05, 0.1) is 24.8 Å². The molecule has 0 aromatic heterocycles. The fraction of sp³-hybridized carbons (Fsp3) is 0.278. The van der Waals surface area contributed by atoms with Gasteiger partial charge in [-0.2, -0.15) is 0 Å². The molecule has 0 bridgehead atoms. The van der Waals surface area contributed by atoms with Crippen LogP contribution in [0, 0.1) is 5.82 Å². The fourth-order valence-corrected chi connectivity index (χ4v) is 6.58. The van der Waals surface area contributed by atoms with Gasteiger partial charge in [0.15, 0.2) is 11.5 Å². The van der Waals surface area contributed by atoms with E-state index in [9.17, 15) is 22.4 Å². The zero-order valence-corrected chi connectivity index (χ0v) is 28.8. The predicted octanol–water partition coefficient (Wildman–Crippen LogP) is 6.25. The maximum Gasteiger partial charge on any atom is 0.264 e. The topological polar surface area (TPSA) is 105 Å². The SMILES string of the molecule is CC[C@H](C)NC(=O)[C@H](Cc1ccccc1)N(Cc1ccc(Cl)cc1)C(=O)CN(c1ccc(F)cc1)S(=O)(=O)c1ccc(OC)c(OC)c1. The molecule has 0 radical (unpaired) electrons. The van der Waals surface area contributed by atoms with Gasteiger partial charge < -0.3 is 19.7 Å². The van der Waals surface area contributed by atoms with Crippen molar-refractivity contribution in [3.8, 4) is 11.5 Å². The first-order chi connectivity index (χ1) is 23.0. The molecule has 2 amide bonds. The summed E-state index contributed by atoms with van der Waals surface area (Å²) in [4.78, 5) is 29.7. The van der Waals surface area contributed by atoms with Crippen molar-refractivity contribution in [2.75, 3.05) is 25.1 Å². The van der Waals surface area contributed by atoms with E-state index in [1.54, 1.807) is 24.3 Å². The van der Waals surface area contributed by atoms with Crippen LogP contribution in [0.25, 0.3) is 0 Å².